The number of benzene rings is 2. The highest BCUT2D eigenvalue weighted by molar-refractivity contribution is 5.78. The number of hydrogen-bond acceptors (Lipinski definition) is 3. The van der Waals surface area contributed by atoms with Gasteiger partial charge in [-0.2, -0.15) is 0 Å². The van der Waals surface area contributed by atoms with Crippen LogP contribution in [0, 0.1) is 11.7 Å². The van der Waals surface area contributed by atoms with Crippen molar-refractivity contribution in [2.75, 3.05) is 25.0 Å². The maximum atomic E-state index is 13.4. The first-order valence-corrected chi connectivity index (χ1v) is 12.7. The number of likely N-dealkylation sites (tertiary alicyclic amines) is 1. The molecule has 5 heteroatoms. The van der Waals surface area contributed by atoms with Crippen molar-refractivity contribution in [2.24, 2.45) is 5.92 Å². The van der Waals surface area contributed by atoms with Crippen LogP contribution in [0.4, 0.5) is 10.3 Å². The van der Waals surface area contributed by atoms with E-state index < -0.39 is 0 Å². The van der Waals surface area contributed by atoms with Gasteiger partial charge in [-0.05, 0) is 67.9 Å². The van der Waals surface area contributed by atoms with Gasteiger partial charge in [-0.15, -0.1) is 0 Å². The lowest BCUT2D eigenvalue weighted by atomic mass is 9.93. The predicted octanol–water partition coefficient (Wildman–Crippen LogP) is 6.40. The minimum absolute atomic E-state index is 0.203. The Morgan fingerprint density at radius 1 is 1.06 bits per heavy atom. The zero-order chi connectivity index (χ0) is 23.3. The maximum Gasteiger partial charge on any atom is 0.204 e. The summed E-state index contributed by atoms with van der Waals surface area (Å²) in [5.74, 6) is 1.44. The number of halogens is 1. The topological polar surface area (TPSA) is 33.1 Å². The Labute approximate surface area is 202 Å². The van der Waals surface area contributed by atoms with E-state index in [9.17, 15) is 4.39 Å². The minimum Gasteiger partial charge on any atom is -0.353 e. The van der Waals surface area contributed by atoms with Gasteiger partial charge in [-0.1, -0.05) is 55.0 Å². The molecule has 34 heavy (non-hydrogen) atoms. The van der Waals surface area contributed by atoms with E-state index in [2.05, 4.69) is 52.1 Å². The number of allylic oxidation sites excluding steroid dienone is 3. The Kier molecular flexibility index (Phi) is 7.10. The molecule has 0 amide bonds. The average molecular weight is 459 g/mol. The fraction of sp³-hybridized carbons (Fsp3) is 0.414. The molecule has 0 bridgehead atoms. The van der Waals surface area contributed by atoms with Crippen LogP contribution in [0.5, 0.6) is 0 Å². The van der Waals surface area contributed by atoms with Gasteiger partial charge in [0.15, 0.2) is 0 Å². The number of aromatic nitrogens is 2. The Balaban J connectivity index is 1.19. The van der Waals surface area contributed by atoms with Crippen LogP contribution in [-0.4, -0.2) is 40.1 Å². The van der Waals surface area contributed by atoms with Crippen LogP contribution < -0.4 is 5.32 Å². The van der Waals surface area contributed by atoms with Crippen molar-refractivity contribution >= 4 is 17.0 Å². The van der Waals surface area contributed by atoms with E-state index in [0.29, 0.717) is 12.6 Å². The molecule has 1 aliphatic heterocycles. The molecule has 1 aliphatic carbocycles. The van der Waals surface area contributed by atoms with Gasteiger partial charge in [0.05, 0.1) is 17.6 Å². The van der Waals surface area contributed by atoms with Crippen LogP contribution in [0.25, 0.3) is 11.0 Å². The quantitative estimate of drug-likeness (QED) is 0.424. The fourth-order valence-corrected chi connectivity index (χ4v) is 5.09. The second-order valence-corrected chi connectivity index (χ2v) is 9.69. The smallest absolute Gasteiger partial charge is 0.204 e. The van der Waals surface area contributed by atoms with Crippen molar-refractivity contribution < 1.29 is 4.39 Å². The Morgan fingerprint density at radius 3 is 2.59 bits per heavy atom. The molecular formula is C29H35FN4. The third kappa shape index (κ3) is 5.41. The second kappa shape index (κ2) is 10.6. The van der Waals surface area contributed by atoms with Crippen molar-refractivity contribution in [1.82, 2.24) is 14.5 Å². The summed E-state index contributed by atoms with van der Waals surface area (Å²) in [7, 11) is 0. The normalized spacial score (nSPS) is 19.5. The second-order valence-electron chi connectivity index (χ2n) is 9.69. The summed E-state index contributed by atoms with van der Waals surface area (Å²) in [6.45, 7) is 6.31. The number of fused-ring (bicyclic) bond motifs is 1. The summed E-state index contributed by atoms with van der Waals surface area (Å²) in [5, 5.41) is 3.74. The first kappa shape index (κ1) is 22.9. The molecule has 2 aromatic carbocycles. The molecule has 178 valence electrons. The molecule has 5 rings (SSSR count). The van der Waals surface area contributed by atoms with Gasteiger partial charge in [-0.3, -0.25) is 0 Å². The SMILES string of the molecule is CCC1C=CC(CCN2CCC(Nc3nc4ccccc4n3Cc3ccc(F)cc3)CC2)=CC1. The number of piperidine rings is 1. The maximum absolute atomic E-state index is 13.4. The van der Waals surface area contributed by atoms with Crippen LogP contribution >= 0.6 is 0 Å². The van der Waals surface area contributed by atoms with Crippen molar-refractivity contribution in [3.8, 4) is 0 Å². The molecule has 0 radical (unpaired) electrons. The van der Waals surface area contributed by atoms with Gasteiger partial charge >= 0.3 is 0 Å². The van der Waals surface area contributed by atoms with Crippen LogP contribution in [0.2, 0.25) is 0 Å². The molecule has 0 saturated carbocycles. The van der Waals surface area contributed by atoms with E-state index in [0.717, 1.165) is 67.4 Å². The van der Waals surface area contributed by atoms with Crippen LogP contribution in [0.3, 0.4) is 0 Å². The number of nitrogens with zero attached hydrogens (tertiary/aromatic N) is 3. The zero-order valence-corrected chi connectivity index (χ0v) is 20.1. The Bertz CT molecular complexity index is 1150. The molecule has 2 heterocycles. The Morgan fingerprint density at radius 2 is 1.85 bits per heavy atom. The summed E-state index contributed by atoms with van der Waals surface area (Å²) in [6.07, 6.45) is 13.0. The van der Waals surface area contributed by atoms with Crippen LogP contribution in [-0.2, 0) is 6.54 Å². The van der Waals surface area contributed by atoms with E-state index in [1.807, 2.05) is 24.3 Å². The standard InChI is InChI=1S/C29H35FN4/c1-2-22-7-9-23(10-8-22)15-18-33-19-16-26(17-20-33)31-29-32-27-5-3-4-6-28(27)34(29)21-24-11-13-25(30)14-12-24/h3-7,9-14,22,26H,2,8,15-21H2,1H3,(H,31,32). The van der Waals surface area contributed by atoms with Gasteiger partial charge in [0.25, 0.3) is 0 Å². The van der Waals surface area contributed by atoms with E-state index in [-0.39, 0.29) is 5.82 Å². The number of para-hydroxylation sites is 2. The average Bonchev–Trinajstić information content (AvgIpc) is 3.22. The van der Waals surface area contributed by atoms with Crippen molar-refractivity contribution in [2.45, 2.75) is 51.6 Å². The summed E-state index contributed by atoms with van der Waals surface area (Å²) in [6, 6.07) is 15.4. The van der Waals surface area contributed by atoms with Gasteiger partial charge in [0.1, 0.15) is 5.82 Å². The van der Waals surface area contributed by atoms with Crippen LogP contribution in [0.1, 0.15) is 44.6 Å². The molecule has 1 atom stereocenters. The molecule has 2 aliphatic rings. The van der Waals surface area contributed by atoms with Crippen molar-refractivity contribution in [1.29, 1.82) is 0 Å². The lowest BCUT2D eigenvalue weighted by molar-refractivity contribution is 0.221. The highest BCUT2D eigenvalue weighted by Crippen LogP contribution is 2.25. The molecule has 1 aromatic heterocycles. The molecule has 3 aromatic rings. The lowest BCUT2D eigenvalue weighted by Crippen LogP contribution is -2.40. The zero-order valence-electron chi connectivity index (χ0n) is 20.1. The van der Waals surface area contributed by atoms with Crippen molar-refractivity contribution in [3.63, 3.8) is 0 Å². The lowest BCUT2D eigenvalue weighted by Gasteiger charge is -2.33. The van der Waals surface area contributed by atoms with Gasteiger partial charge in [-0.25, -0.2) is 9.37 Å². The van der Waals surface area contributed by atoms with Gasteiger partial charge in [0.2, 0.25) is 5.95 Å². The molecular weight excluding hydrogens is 423 g/mol. The molecule has 0 spiro atoms. The minimum atomic E-state index is -0.203. The summed E-state index contributed by atoms with van der Waals surface area (Å²) < 4.78 is 15.6. The largest absolute Gasteiger partial charge is 0.353 e. The monoisotopic (exact) mass is 458 g/mol. The Hall–Kier alpha value is -2.92. The predicted molar refractivity (Wildman–Crippen MR) is 139 cm³/mol. The number of nitrogens with one attached hydrogen (secondary N) is 1. The van der Waals surface area contributed by atoms with Crippen molar-refractivity contribution in [3.05, 3.63) is 83.7 Å². The third-order valence-corrected chi connectivity index (χ3v) is 7.34. The number of anilines is 1. The number of hydrogen-bond donors (Lipinski definition) is 1. The summed E-state index contributed by atoms with van der Waals surface area (Å²) in [4.78, 5) is 7.50. The summed E-state index contributed by atoms with van der Waals surface area (Å²) >= 11 is 0. The van der Waals surface area contributed by atoms with Gasteiger partial charge in [0, 0.05) is 25.7 Å². The highest BCUT2D eigenvalue weighted by Gasteiger charge is 2.21. The summed E-state index contributed by atoms with van der Waals surface area (Å²) in [5.41, 5.74) is 4.66. The van der Waals surface area contributed by atoms with E-state index in [1.54, 1.807) is 0 Å². The number of imidazole rings is 1. The molecule has 1 unspecified atom stereocenters. The first-order valence-electron chi connectivity index (χ1n) is 12.7. The highest BCUT2D eigenvalue weighted by atomic mass is 19.1. The van der Waals surface area contributed by atoms with Gasteiger partial charge < -0.3 is 14.8 Å². The molecule has 4 nitrogen and oxygen atoms in total. The molecule has 1 saturated heterocycles. The number of rotatable bonds is 8. The van der Waals surface area contributed by atoms with Crippen LogP contribution in [0.15, 0.2) is 72.3 Å². The first-order chi connectivity index (χ1) is 16.7. The van der Waals surface area contributed by atoms with E-state index in [4.69, 9.17) is 4.98 Å². The van der Waals surface area contributed by atoms with E-state index >= 15 is 0 Å². The molecule has 1 fully saturated rings. The van der Waals surface area contributed by atoms with E-state index in [1.165, 1.54) is 30.5 Å². The fourth-order valence-electron chi connectivity index (χ4n) is 5.09. The molecule has 1 N–H and O–H groups in total. The third-order valence-electron chi connectivity index (χ3n) is 7.34.